The Bertz CT molecular complexity index is 584. The smallest absolute Gasteiger partial charge is 0.119 e. The summed E-state index contributed by atoms with van der Waals surface area (Å²) >= 11 is 12.1. The minimum Gasteiger partial charge on any atom is -0.494 e. The van der Waals surface area contributed by atoms with Gasteiger partial charge in [0.2, 0.25) is 0 Å². The fraction of sp³-hybridized carbons (Fsp3) is 0.294. The number of ether oxygens (including phenoxy) is 1. The van der Waals surface area contributed by atoms with Gasteiger partial charge in [0.1, 0.15) is 5.75 Å². The average Bonchev–Trinajstić information content (AvgIpc) is 2.50. The van der Waals surface area contributed by atoms with E-state index in [0.717, 1.165) is 23.4 Å². The molecule has 2 aromatic rings. The summed E-state index contributed by atoms with van der Waals surface area (Å²) in [4.78, 5) is 0. The maximum absolute atomic E-state index is 6.10. The van der Waals surface area contributed by atoms with E-state index < -0.39 is 0 Å². The van der Waals surface area contributed by atoms with Gasteiger partial charge < -0.3 is 10.1 Å². The molecule has 1 N–H and O–H groups in total. The first-order valence-corrected chi connectivity index (χ1v) is 7.84. The lowest BCUT2D eigenvalue weighted by Gasteiger charge is -2.19. The third-order valence-electron chi connectivity index (χ3n) is 3.26. The Morgan fingerprint density at radius 3 is 2.29 bits per heavy atom. The van der Waals surface area contributed by atoms with E-state index in [1.807, 2.05) is 49.4 Å². The molecule has 2 rings (SSSR count). The predicted molar refractivity (Wildman–Crippen MR) is 90.7 cm³/mol. The van der Waals surface area contributed by atoms with Crippen LogP contribution in [0.3, 0.4) is 0 Å². The molecule has 0 fully saturated rings. The highest BCUT2D eigenvalue weighted by Gasteiger charge is 2.11. The van der Waals surface area contributed by atoms with Gasteiger partial charge in [-0.05, 0) is 55.3 Å². The highest BCUT2D eigenvalue weighted by molar-refractivity contribution is 6.42. The lowest BCUT2D eigenvalue weighted by Crippen LogP contribution is -2.09. The third-order valence-corrected chi connectivity index (χ3v) is 4.00. The molecular weight excluding hydrogens is 305 g/mol. The fourth-order valence-electron chi connectivity index (χ4n) is 2.17. The number of hydrogen-bond acceptors (Lipinski definition) is 2. The number of anilines is 1. The summed E-state index contributed by atoms with van der Waals surface area (Å²) in [7, 11) is 0. The summed E-state index contributed by atoms with van der Waals surface area (Å²) in [6.07, 6.45) is 0.950. The van der Waals surface area contributed by atoms with Crippen molar-refractivity contribution in [2.24, 2.45) is 0 Å². The van der Waals surface area contributed by atoms with E-state index in [2.05, 4.69) is 12.2 Å². The van der Waals surface area contributed by atoms with E-state index in [0.29, 0.717) is 16.7 Å². The normalized spacial score (nSPS) is 12.0. The van der Waals surface area contributed by atoms with Crippen LogP contribution in [-0.2, 0) is 0 Å². The van der Waals surface area contributed by atoms with Gasteiger partial charge in [0.25, 0.3) is 0 Å². The maximum Gasteiger partial charge on any atom is 0.119 e. The molecule has 0 spiro atoms. The molecule has 0 aliphatic heterocycles. The van der Waals surface area contributed by atoms with Crippen LogP contribution in [0.1, 0.15) is 31.9 Å². The van der Waals surface area contributed by atoms with Gasteiger partial charge in [0.15, 0.2) is 0 Å². The molecule has 1 unspecified atom stereocenters. The standard InChI is InChI=1S/C17H19Cl2NO/c1-3-17(12-5-10-15(18)16(19)11-12)20-13-6-8-14(9-7-13)21-4-2/h5-11,17,20H,3-4H2,1-2H3. The molecule has 4 heteroatoms. The molecule has 0 heterocycles. The van der Waals surface area contributed by atoms with Crippen LogP contribution in [0.25, 0.3) is 0 Å². The summed E-state index contributed by atoms with van der Waals surface area (Å²) in [6.45, 7) is 4.78. The minimum absolute atomic E-state index is 0.192. The Morgan fingerprint density at radius 1 is 1.00 bits per heavy atom. The van der Waals surface area contributed by atoms with E-state index in [9.17, 15) is 0 Å². The van der Waals surface area contributed by atoms with Gasteiger partial charge in [-0.15, -0.1) is 0 Å². The zero-order chi connectivity index (χ0) is 15.2. The van der Waals surface area contributed by atoms with Crippen molar-refractivity contribution in [1.82, 2.24) is 0 Å². The van der Waals surface area contributed by atoms with Crippen LogP contribution < -0.4 is 10.1 Å². The summed E-state index contributed by atoms with van der Waals surface area (Å²) < 4.78 is 5.45. The zero-order valence-electron chi connectivity index (χ0n) is 12.2. The number of benzene rings is 2. The molecule has 0 aliphatic carbocycles. The second kappa shape index (κ2) is 7.58. The third kappa shape index (κ3) is 4.29. The highest BCUT2D eigenvalue weighted by Crippen LogP contribution is 2.29. The lowest BCUT2D eigenvalue weighted by atomic mass is 10.0. The predicted octanol–water partition coefficient (Wildman–Crippen LogP) is 5.96. The number of rotatable bonds is 6. The molecule has 21 heavy (non-hydrogen) atoms. The topological polar surface area (TPSA) is 21.3 Å². The monoisotopic (exact) mass is 323 g/mol. The number of halogens is 2. The molecule has 112 valence electrons. The number of nitrogens with one attached hydrogen (secondary N) is 1. The Balaban J connectivity index is 2.12. The van der Waals surface area contributed by atoms with Crippen molar-refractivity contribution in [2.45, 2.75) is 26.3 Å². The van der Waals surface area contributed by atoms with Gasteiger partial charge in [0, 0.05) is 5.69 Å². The van der Waals surface area contributed by atoms with Crippen molar-refractivity contribution in [3.8, 4) is 5.75 Å². The average molecular weight is 324 g/mol. The van der Waals surface area contributed by atoms with E-state index in [1.165, 1.54) is 0 Å². The van der Waals surface area contributed by atoms with Crippen molar-refractivity contribution in [1.29, 1.82) is 0 Å². The number of hydrogen-bond donors (Lipinski definition) is 1. The summed E-state index contributed by atoms with van der Waals surface area (Å²) in [5, 5.41) is 4.67. The first-order valence-electron chi connectivity index (χ1n) is 7.08. The van der Waals surface area contributed by atoms with Crippen molar-refractivity contribution < 1.29 is 4.74 Å². The summed E-state index contributed by atoms with van der Waals surface area (Å²) in [5.41, 5.74) is 2.18. The van der Waals surface area contributed by atoms with E-state index in [1.54, 1.807) is 0 Å². The quantitative estimate of drug-likeness (QED) is 0.708. The molecule has 0 saturated carbocycles. The van der Waals surface area contributed by atoms with Crippen LogP contribution in [-0.4, -0.2) is 6.61 Å². The van der Waals surface area contributed by atoms with Gasteiger partial charge >= 0.3 is 0 Å². The Labute approximate surface area is 136 Å². The van der Waals surface area contributed by atoms with Crippen LogP contribution in [0.5, 0.6) is 5.75 Å². The zero-order valence-corrected chi connectivity index (χ0v) is 13.7. The van der Waals surface area contributed by atoms with Gasteiger partial charge in [-0.2, -0.15) is 0 Å². The lowest BCUT2D eigenvalue weighted by molar-refractivity contribution is 0.340. The van der Waals surface area contributed by atoms with Crippen LogP contribution in [0.4, 0.5) is 5.69 Å². The van der Waals surface area contributed by atoms with Crippen molar-refractivity contribution in [3.05, 3.63) is 58.1 Å². The molecule has 0 aliphatic rings. The molecule has 0 radical (unpaired) electrons. The summed E-state index contributed by atoms with van der Waals surface area (Å²) in [6, 6.07) is 13.9. The van der Waals surface area contributed by atoms with Crippen LogP contribution >= 0.6 is 23.2 Å². The van der Waals surface area contributed by atoms with Gasteiger partial charge in [-0.1, -0.05) is 36.2 Å². The minimum atomic E-state index is 0.192. The fourth-order valence-corrected chi connectivity index (χ4v) is 2.47. The molecule has 2 aromatic carbocycles. The Kier molecular flexibility index (Phi) is 5.77. The first-order chi connectivity index (χ1) is 10.1. The highest BCUT2D eigenvalue weighted by atomic mass is 35.5. The van der Waals surface area contributed by atoms with Crippen molar-refractivity contribution in [3.63, 3.8) is 0 Å². The molecule has 0 saturated heterocycles. The largest absolute Gasteiger partial charge is 0.494 e. The Hall–Kier alpha value is -1.38. The first kappa shape index (κ1) is 16.0. The SMILES string of the molecule is CCOc1ccc(NC(CC)c2ccc(Cl)c(Cl)c2)cc1. The van der Waals surface area contributed by atoms with Gasteiger partial charge in [-0.25, -0.2) is 0 Å². The molecule has 1 atom stereocenters. The second-order valence-corrected chi connectivity index (χ2v) is 5.55. The van der Waals surface area contributed by atoms with Gasteiger partial charge in [-0.3, -0.25) is 0 Å². The van der Waals surface area contributed by atoms with E-state index in [-0.39, 0.29) is 6.04 Å². The molecule has 0 bridgehead atoms. The second-order valence-electron chi connectivity index (χ2n) is 4.74. The van der Waals surface area contributed by atoms with Crippen LogP contribution in [0.2, 0.25) is 10.0 Å². The maximum atomic E-state index is 6.10. The molecular formula is C17H19Cl2NO. The van der Waals surface area contributed by atoms with Gasteiger partial charge in [0.05, 0.1) is 22.7 Å². The van der Waals surface area contributed by atoms with Crippen molar-refractivity contribution in [2.75, 3.05) is 11.9 Å². The van der Waals surface area contributed by atoms with Crippen molar-refractivity contribution >= 4 is 28.9 Å². The van der Waals surface area contributed by atoms with Crippen LogP contribution in [0, 0.1) is 0 Å². The van der Waals surface area contributed by atoms with E-state index in [4.69, 9.17) is 27.9 Å². The van der Waals surface area contributed by atoms with Crippen LogP contribution in [0.15, 0.2) is 42.5 Å². The Morgan fingerprint density at radius 2 is 1.71 bits per heavy atom. The summed E-state index contributed by atoms with van der Waals surface area (Å²) in [5.74, 6) is 0.880. The van der Waals surface area contributed by atoms with E-state index >= 15 is 0 Å². The molecule has 0 amide bonds. The molecule has 2 nitrogen and oxygen atoms in total. The molecule has 0 aromatic heterocycles.